The molecule has 5 rings (SSSR count). The van der Waals surface area contributed by atoms with Crippen molar-refractivity contribution in [2.24, 2.45) is 7.05 Å². The lowest BCUT2D eigenvalue weighted by molar-refractivity contribution is -0.0367. The fraction of sp³-hybridized carbons (Fsp3) is 0.696. The van der Waals surface area contributed by atoms with Gasteiger partial charge in [-0.25, -0.2) is 9.36 Å². The van der Waals surface area contributed by atoms with Crippen molar-refractivity contribution < 1.29 is 18.6 Å². The van der Waals surface area contributed by atoms with Gasteiger partial charge in [0.15, 0.2) is 14.5 Å². The minimum atomic E-state index is -2.01. The second-order valence-corrected chi connectivity index (χ2v) is 31.1. The smallest absolute Gasteiger partial charge is 0.246 e. The summed E-state index contributed by atoms with van der Waals surface area (Å²) in [6, 6.07) is 2.12. The average molecular weight is 987 g/mol. The van der Waals surface area contributed by atoms with E-state index in [-0.39, 0.29) is 23.5 Å². The predicted molar refractivity (Wildman–Crippen MR) is 261 cm³/mol. The van der Waals surface area contributed by atoms with Crippen molar-refractivity contribution in [3.8, 4) is 34.5 Å². The van der Waals surface area contributed by atoms with E-state index in [1.807, 2.05) is 38.0 Å². The third-order valence-corrected chi connectivity index (χ3v) is 24.9. The summed E-state index contributed by atoms with van der Waals surface area (Å²) in [4.78, 5) is 7.42. The van der Waals surface area contributed by atoms with E-state index in [0.29, 0.717) is 54.6 Å². The molecule has 1 aliphatic heterocycles. The number of fused-ring (bicyclic) bond motifs is 1. The molecule has 0 radical (unpaired) electrons. The zero-order valence-corrected chi connectivity index (χ0v) is 44.3. The van der Waals surface area contributed by atoms with Gasteiger partial charge in [0.05, 0.1) is 57.7 Å². The number of ether oxygens (including phenoxy) is 3. The summed E-state index contributed by atoms with van der Waals surface area (Å²) in [5, 5.41) is 15.9. The standard InChI is InChI=1S/C46H75IN8O4Si2/c1-17-53(30-41-43(47)44(58-31(2)3)51-54(41)22-24-57-60(15,16)46(11,12)13)29-35(10)59-45-37(27-49-52(45)14)39-26-36-38(21-25-61(32(4)5,33(6)7)34(8)9)50-55(40(36)28-48-39)42-20-18-19-23-56-42/h26-28,31-35,42H,17-20,22-24,29-30H2,1-16H3. The van der Waals surface area contributed by atoms with Crippen molar-refractivity contribution in [3.05, 3.63) is 33.4 Å². The van der Waals surface area contributed by atoms with E-state index in [2.05, 4.69) is 144 Å². The van der Waals surface area contributed by atoms with Gasteiger partial charge in [-0.15, -0.1) is 10.6 Å². The van der Waals surface area contributed by atoms with E-state index in [9.17, 15) is 0 Å². The number of hydrogen-bond donors (Lipinski definition) is 0. The SMILES string of the molecule is CCN(Cc1c(I)c(OC(C)C)nn1CCO[Si](C)(C)C(C)(C)C)CC(C)Oc1c(-c2cc3c(C#C[Si](C(C)C)(C(C)C)C(C)C)nn(C4CCCCO4)c3cn2)cnn1C. The Kier molecular flexibility index (Phi) is 16.5. The Morgan fingerprint density at radius 3 is 2.26 bits per heavy atom. The minimum absolute atomic E-state index is 0.0227. The number of hydrogen-bond acceptors (Lipinski definition) is 9. The number of aromatic nitrogens is 7. The predicted octanol–water partition coefficient (Wildman–Crippen LogP) is 11.0. The van der Waals surface area contributed by atoms with Crippen LogP contribution in [0.1, 0.15) is 127 Å². The molecule has 2 atom stereocenters. The lowest BCUT2D eigenvalue weighted by Gasteiger charge is -2.38. The van der Waals surface area contributed by atoms with Gasteiger partial charge in [0.1, 0.15) is 19.9 Å². The first kappa shape index (κ1) is 49.3. The zero-order valence-electron chi connectivity index (χ0n) is 40.1. The molecule has 4 aromatic rings. The molecule has 0 bridgehead atoms. The summed E-state index contributed by atoms with van der Waals surface area (Å²) < 4.78 is 32.8. The van der Waals surface area contributed by atoms with Crippen LogP contribution in [0.25, 0.3) is 22.2 Å². The van der Waals surface area contributed by atoms with Crippen LogP contribution in [0.2, 0.25) is 34.8 Å². The molecule has 2 unspecified atom stereocenters. The Morgan fingerprint density at radius 1 is 0.984 bits per heavy atom. The van der Waals surface area contributed by atoms with E-state index in [4.69, 9.17) is 33.8 Å². The maximum atomic E-state index is 6.80. The molecule has 12 nitrogen and oxygen atoms in total. The molecule has 1 fully saturated rings. The highest BCUT2D eigenvalue weighted by Gasteiger charge is 2.42. The minimum Gasteiger partial charge on any atom is -0.473 e. The van der Waals surface area contributed by atoms with Crippen LogP contribution in [0.4, 0.5) is 0 Å². The number of likely N-dealkylation sites (N-methyl/N-ethyl adjacent to an activating group) is 1. The van der Waals surface area contributed by atoms with Gasteiger partial charge in [0.2, 0.25) is 11.8 Å². The average Bonchev–Trinajstić information content (AvgIpc) is 3.82. The topological polar surface area (TPSA) is 107 Å². The van der Waals surface area contributed by atoms with Crippen LogP contribution in [0.3, 0.4) is 0 Å². The van der Waals surface area contributed by atoms with Gasteiger partial charge in [0.25, 0.3) is 0 Å². The fourth-order valence-electron chi connectivity index (χ4n) is 8.55. The Morgan fingerprint density at radius 2 is 1.67 bits per heavy atom. The van der Waals surface area contributed by atoms with Crippen molar-refractivity contribution >= 4 is 49.9 Å². The Hall–Kier alpha value is -2.76. The lowest BCUT2D eigenvalue weighted by Crippen LogP contribution is -2.43. The van der Waals surface area contributed by atoms with Crippen LogP contribution in [-0.4, -0.2) is 94.1 Å². The highest BCUT2D eigenvalue weighted by Crippen LogP contribution is 2.41. The van der Waals surface area contributed by atoms with E-state index in [1.165, 1.54) is 0 Å². The second-order valence-electron chi connectivity index (χ2n) is 19.7. The largest absolute Gasteiger partial charge is 0.473 e. The number of nitrogens with zero attached hydrogens (tertiary/aromatic N) is 8. The summed E-state index contributed by atoms with van der Waals surface area (Å²) in [6.45, 7) is 38.1. The molecular formula is C46H75IN8O4Si2. The Balaban J connectivity index is 1.43. The van der Waals surface area contributed by atoms with Crippen LogP contribution in [0.15, 0.2) is 18.5 Å². The van der Waals surface area contributed by atoms with Crippen LogP contribution < -0.4 is 9.47 Å². The molecule has 15 heteroatoms. The normalized spacial score (nSPS) is 16.1. The van der Waals surface area contributed by atoms with Crippen LogP contribution in [-0.2, 0) is 29.3 Å². The highest BCUT2D eigenvalue weighted by molar-refractivity contribution is 14.1. The van der Waals surface area contributed by atoms with E-state index >= 15 is 0 Å². The monoisotopic (exact) mass is 986 g/mol. The van der Waals surface area contributed by atoms with Crippen LogP contribution >= 0.6 is 22.6 Å². The van der Waals surface area contributed by atoms with Crippen LogP contribution in [0.5, 0.6) is 11.8 Å². The van der Waals surface area contributed by atoms with Gasteiger partial charge in [-0.05, 0) is 110 Å². The third kappa shape index (κ3) is 11.1. The molecule has 0 aliphatic carbocycles. The highest BCUT2D eigenvalue weighted by atomic mass is 127. The van der Waals surface area contributed by atoms with Crippen molar-refractivity contribution in [2.45, 2.75) is 176 Å². The Bertz CT molecular complexity index is 2110. The molecule has 4 aromatic heterocycles. The molecule has 1 saturated heterocycles. The van der Waals surface area contributed by atoms with Gasteiger partial charge in [-0.1, -0.05) is 75.2 Å². The summed E-state index contributed by atoms with van der Waals surface area (Å²) in [6.07, 6.45) is 6.61. The molecule has 0 saturated carbocycles. The van der Waals surface area contributed by atoms with E-state index in [0.717, 1.165) is 69.5 Å². The van der Waals surface area contributed by atoms with Gasteiger partial charge >= 0.3 is 0 Å². The summed E-state index contributed by atoms with van der Waals surface area (Å²) >= 11 is 2.39. The van der Waals surface area contributed by atoms with Crippen molar-refractivity contribution in [1.82, 2.24) is 39.2 Å². The Labute approximate surface area is 382 Å². The maximum absolute atomic E-state index is 6.80. The molecule has 1 aliphatic rings. The maximum Gasteiger partial charge on any atom is 0.246 e. The van der Waals surface area contributed by atoms with Gasteiger partial charge in [-0.2, -0.15) is 10.2 Å². The van der Waals surface area contributed by atoms with Gasteiger partial charge < -0.3 is 18.6 Å². The van der Waals surface area contributed by atoms with Crippen LogP contribution in [0, 0.1) is 15.0 Å². The molecule has 0 spiro atoms. The zero-order chi connectivity index (χ0) is 45.0. The number of pyridine rings is 1. The summed E-state index contributed by atoms with van der Waals surface area (Å²) in [7, 11) is -2.00. The summed E-state index contributed by atoms with van der Waals surface area (Å²) in [5.41, 5.74) is 9.92. The van der Waals surface area contributed by atoms with Crippen molar-refractivity contribution in [2.75, 3.05) is 26.3 Å². The number of aryl methyl sites for hydroxylation is 1. The molecule has 0 amide bonds. The quantitative estimate of drug-likeness (QED) is 0.0547. The first-order valence-corrected chi connectivity index (χ1v) is 28.8. The first-order chi connectivity index (χ1) is 28.6. The van der Waals surface area contributed by atoms with E-state index < -0.39 is 16.4 Å². The lowest BCUT2D eigenvalue weighted by atomic mass is 10.1. The van der Waals surface area contributed by atoms with Gasteiger partial charge in [-0.3, -0.25) is 14.6 Å². The van der Waals surface area contributed by atoms with Crippen molar-refractivity contribution in [1.29, 1.82) is 0 Å². The third-order valence-electron chi connectivity index (χ3n) is 13.0. The number of rotatable bonds is 18. The fourth-order valence-corrected chi connectivity index (χ4v) is 15.5. The van der Waals surface area contributed by atoms with Gasteiger partial charge in [0, 0.05) is 32.1 Å². The molecule has 0 N–H and O–H groups in total. The first-order valence-electron chi connectivity index (χ1n) is 22.6. The van der Waals surface area contributed by atoms with Crippen molar-refractivity contribution in [3.63, 3.8) is 0 Å². The molecule has 338 valence electrons. The molecule has 0 aromatic carbocycles. The number of halogens is 1. The molecule has 5 heterocycles. The van der Waals surface area contributed by atoms with E-state index in [1.54, 1.807) is 4.68 Å². The molecular weight excluding hydrogens is 912 g/mol. The second kappa shape index (κ2) is 20.4. The molecule has 61 heavy (non-hydrogen) atoms. The summed E-state index contributed by atoms with van der Waals surface area (Å²) in [5.74, 6) is 5.02.